The van der Waals surface area contributed by atoms with E-state index in [0.29, 0.717) is 12.4 Å². The number of methoxy groups -OCH3 is 2. The highest BCUT2D eigenvalue weighted by atomic mass is 16.5. The maximum absolute atomic E-state index is 6.01. The Labute approximate surface area is 136 Å². The summed E-state index contributed by atoms with van der Waals surface area (Å²) in [6.45, 7) is 0. The second-order valence-corrected chi connectivity index (χ2v) is 6.08. The number of guanidine groups is 1. The van der Waals surface area contributed by atoms with Crippen LogP contribution in [0, 0.1) is 0 Å². The fourth-order valence-corrected chi connectivity index (χ4v) is 3.33. The Kier molecular flexibility index (Phi) is 4.41. The summed E-state index contributed by atoms with van der Waals surface area (Å²) < 4.78 is 10.8. The van der Waals surface area contributed by atoms with Gasteiger partial charge >= 0.3 is 0 Å². The van der Waals surface area contributed by atoms with Crippen molar-refractivity contribution in [1.29, 1.82) is 0 Å². The molecule has 6 nitrogen and oxygen atoms in total. The SMILES string of the molecule is COc1ccc(OC)c(CC2=NC3(CCCCC3)N=C(N)N2)c1. The standard InChI is InChI=1S/C17H24N4O2/c1-22-13-6-7-14(23-2)12(10-13)11-15-19-16(18)21-17(20-15)8-4-3-5-9-17/h6-7,10H,3-5,8-9,11H2,1-2H3,(H3,18,19,20,21). The van der Waals surface area contributed by atoms with E-state index < -0.39 is 0 Å². The third-order valence-corrected chi connectivity index (χ3v) is 4.44. The average Bonchev–Trinajstić information content (AvgIpc) is 2.54. The van der Waals surface area contributed by atoms with Gasteiger partial charge in [0, 0.05) is 12.0 Å². The normalized spacial score (nSPS) is 19.6. The van der Waals surface area contributed by atoms with E-state index in [-0.39, 0.29) is 5.66 Å². The van der Waals surface area contributed by atoms with Crippen molar-refractivity contribution in [1.82, 2.24) is 5.32 Å². The van der Waals surface area contributed by atoms with E-state index in [1.54, 1.807) is 14.2 Å². The van der Waals surface area contributed by atoms with Crippen LogP contribution in [0.15, 0.2) is 28.2 Å². The number of aliphatic imine (C=N–C) groups is 2. The van der Waals surface area contributed by atoms with Gasteiger partial charge in [-0.1, -0.05) is 6.42 Å². The van der Waals surface area contributed by atoms with Gasteiger partial charge in [0.15, 0.2) is 11.6 Å². The van der Waals surface area contributed by atoms with Gasteiger partial charge in [0.2, 0.25) is 0 Å². The van der Waals surface area contributed by atoms with Crippen LogP contribution in [-0.2, 0) is 6.42 Å². The quantitative estimate of drug-likeness (QED) is 0.892. The van der Waals surface area contributed by atoms with E-state index >= 15 is 0 Å². The third kappa shape index (κ3) is 3.41. The van der Waals surface area contributed by atoms with Gasteiger partial charge in [-0.2, -0.15) is 0 Å². The molecule has 0 bridgehead atoms. The number of nitrogens with one attached hydrogen (secondary N) is 1. The average molecular weight is 316 g/mol. The highest BCUT2D eigenvalue weighted by Gasteiger charge is 2.34. The van der Waals surface area contributed by atoms with Crippen LogP contribution < -0.4 is 20.5 Å². The van der Waals surface area contributed by atoms with Gasteiger partial charge < -0.3 is 20.5 Å². The fraction of sp³-hybridized carbons (Fsp3) is 0.529. The molecule has 1 spiro atoms. The first-order valence-corrected chi connectivity index (χ1v) is 8.06. The third-order valence-electron chi connectivity index (χ3n) is 4.44. The Morgan fingerprint density at radius 2 is 1.91 bits per heavy atom. The molecule has 1 aromatic rings. The molecule has 1 heterocycles. The number of benzene rings is 1. The lowest BCUT2D eigenvalue weighted by atomic mass is 9.89. The smallest absolute Gasteiger partial charge is 0.196 e. The zero-order valence-electron chi connectivity index (χ0n) is 13.8. The molecule has 3 N–H and O–H groups in total. The Morgan fingerprint density at radius 3 is 2.61 bits per heavy atom. The van der Waals surface area contributed by atoms with Gasteiger partial charge in [0.05, 0.1) is 14.2 Å². The van der Waals surface area contributed by atoms with Crippen LogP contribution in [0.5, 0.6) is 11.5 Å². The predicted octanol–water partition coefficient (Wildman–Crippen LogP) is 2.22. The van der Waals surface area contributed by atoms with Gasteiger partial charge in [-0.15, -0.1) is 0 Å². The van der Waals surface area contributed by atoms with Crippen LogP contribution in [-0.4, -0.2) is 31.7 Å². The first-order valence-electron chi connectivity index (χ1n) is 8.06. The van der Waals surface area contributed by atoms with Crippen LogP contribution in [0.2, 0.25) is 0 Å². The minimum absolute atomic E-state index is 0.366. The van der Waals surface area contributed by atoms with Gasteiger partial charge in [0.25, 0.3) is 0 Å². The molecule has 0 unspecified atom stereocenters. The van der Waals surface area contributed by atoms with E-state index in [2.05, 4.69) is 10.3 Å². The molecule has 2 aliphatic rings. The molecule has 1 aliphatic carbocycles. The van der Waals surface area contributed by atoms with Crippen LogP contribution in [0.4, 0.5) is 0 Å². The summed E-state index contributed by atoms with van der Waals surface area (Å²) in [4.78, 5) is 9.47. The molecular weight excluding hydrogens is 292 g/mol. The zero-order chi connectivity index (χ0) is 16.3. The minimum Gasteiger partial charge on any atom is -0.497 e. The molecule has 0 saturated heterocycles. The number of nitrogens with two attached hydrogens (primary N) is 1. The van der Waals surface area contributed by atoms with Crippen molar-refractivity contribution in [2.24, 2.45) is 15.7 Å². The lowest BCUT2D eigenvalue weighted by Gasteiger charge is -2.34. The highest BCUT2D eigenvalue weighted by Crippen LogP contribution is 2.34. The Hall–Kier alpha value is -2.24. The lowest BCUT2D eigenvalue weighted by Crippen LogP contribution is -2.47. The lowest BCUT2D eigenvalue weighted by molar-refractivity contribution is 0.306. The summed E-state index contributed by atoms with van der Waals surface area (Å²) in [5.41, 5.74) is 6.66. The first-order chi connectivity index (χ1) is 11.1. The molecule has 1 aromatic carbocycles. The fourth-order valence-electron chi connectivity index (χ4n) is 3.33. The van der Waals surface area contributed by atoms with Crippen LogP contribution >= 0.6 is 0 Å². The van der Waals surface area contributed by atoms with Crippen molar-refractivity contribution in [3.05, 3.63) is 23.8 Å². The monoisotopic (exact) mass is 316 g/mol. The summed E-state index contributed by atoms with van der Waals surface area (Å²) in [6, 6.07) is 5.76. The molecule has 0 radical (unpaired) electrons. The maximum Gasteiger partial charge on any atom is 0.196 e. The number of hydrogen-bond acceptors (Lipinski definition) is 6. The number of rotatable bonds is 4. The molecule has 0 atom stereocenters. The van der Waals surface area contributed by atoms with Crippen molar-refractivity contribution in [2.75, 3.05) is 14.2 Å². The Bertz CT molecular complexity index is 633. The van der Waals surface area contributed by atoms with E-state index in [1.165, 1.54) is 6.42 Å². The van der Waals surface area contributed by atoms with Crippen molar-refractivity contribution < 1.29 is 9.47 Å². The number of ether oxygens (including phenoxy) is 2. The Balaban J connectivity index is 1.87. The van der Waals surface area contributed by atoms with Gasteiger partial charge in [0.1, 0.15) is 17.3 Å². The maximum atomic E-state index is 6.01. The molecule has 23 heavy (non-hydrogen) atoms. The van der Waals surface area contributed by atoms with Gasteiger partial charge in [-0.05, 0) is 43.9 Å². The van der Waals surface area contributed by atoms with Crippen molar-refractivity contribution in [2.45, 2.75) is 44.2 Å². The summed E-state index contributed by atoms with van der Waals surface area (Å²) >= 11 is 0. The molecule has 6 heteroatoms. The van der Waals surface area contributed by atoms with Crippen LogP contribution in [0.3, 0.4) is 0 Å². The van der Waals surface area contributed by atoms with Crippen molar-refractivity contribution in [3.63, 3.8) is 0 Å². The molecule has 3 rings (SSSR count). The topological polar surface area (TPSA) is 81.2 Å². The summed E-state index contributed by atoms with van der Waals surface area (Å²) in [7, 11) is 3.32. The zero-order valence-corrected chi connectivity index (χ0v) is 13.8. The number of nitrogens with zero attached hydrogens (tertiary/aromatic N) is 2. The van der Waals surface area contributed by atoms with Gasteiger partial charge in [-0.25, -0.2) is 9.98 Å². The summed E-state index contributed by atoms with van der Waals surface area (Å²) in [6.07, 6.45) is 6.09. The molecule has 0 amide bonds. The van der Waals surface area contributed by atoms with Crippen molar-refractivity contribution >= 4 is 11.8 Å². The molecule has 1 fully saturated rings. The molecule has 0 aromatic heterocycles. The van der Waals surface area contributed by atoms with Crippen LogP contribution in [0.1, 0.15) is 37.7 Å². The minimum atomic E-state index is -0.366. The van der Waals surface area contributed by atoms with E-state index in [1.807, 2.05) is 18.2 Å². The number of amidine groups is 1. The first kappa shape index (κ1) is 15.6. The van der Waals surface area contributed by atoms with Crippen LogP contribution in [0.25, 0.3) is 0 Å². The second-order valence-electron chi connectivity index (χ2n) is 6.08. The van der Waals surface area contributed by atoms with Gasteiger partial charge in [-0.3, -0.25) is 0 Å². The van der Waals surface area contributed by atoms with E-state index in [4.69, 9.17) is 20.2 Å². The molecular formula is C17H24N4O2. The number of hydrogen-bond donors (Lipinski definition) is 2. The Morgan fingerprint density at radius 1 is 1.13 bits per heavy atom. The molecule has 124 valence electrons. The van der Waals surface area contributed by atoms with Crippen molar-refractivity contribution in [3.8, 4) is 11.5 Å². The van der Waals surface area contributed by atoms with E-state index in [0.717, 1.165) is 48.6 Å². The second kappa shape index (κ2) is 6.48. The summed E-state index contributed by atoms with van der Waals surface area (Å²) in [5, 5.41) is 3.11. The predicted molar refractivity (Wildman–Crippen MR) is 91.3 cm³/mol. The molecule has 1 aliphatic heterocycles. The highest BCUT2D eigenvalue weighted by molar-refractivity contribution is 6.01. The molecule has 1 saturated carbocycles. The van der Waals surface area contributed by atoms with E-state index in [9.17, 15) is 0 Å². The summed E-state index contributed by atoms with van der Waals surface area (Å²) in [5.74, 6) is 2.91. The largest absolute Gasteiger partial charge is 0.497 e.